The molecule has 0 unspecified atom stereocenters. The highest BCUT2D eigenvalue weighted by molar-refractivity contribution is 7.22. The SMILES string of the molecule is Cc1cc(NC(=O)OC(C)(C)C)cc(-c2cc3ccccc3s2)c1. The number of anilines is 1. The molecule has 0 bridgehead atoms. The normalized spacial score (nSPS) is 11.5. The summed E-state index contributed by atoms with van der Waals surface area (Å²) in [6.07, 6.45) is -0.435. The Kier molecular flexibility index (Phi) is 4.33. The summed E-state index contributed by atoms with van der Waals surface area (Å²) in [6.45, 7) is 7.58. The third-order valence-corrected chi connectivity index (χ3v) is 4.60. The van der Waals surface area contributed by atoms with Crippen molar-refractivity contribution in [2.75, 3.05) is 5.32 Å². The maximum atomic E-state index is 12.0. The first-order valence-electron chi connectivity index (χ1n) is 7.91. The van der Waals surface area contributed by atoms with Crippen molar-refractivity contribution in [3.63, 3.8) is 0 Å². The predicted octanol–water partition coefficient (Wildman–Crippen LogP) is 6.22. The van der Waals surface area contributed by atoms with Gasteiger partial charge in [-0.25, -0.2) is 4.79 Å². The number of rotatable bonds is 2. The Bertz CT molecular complexity index is 857. The molecule has 0 atom stereocenters. The largest absolute Gasteiger partial charge is 0.444 e. The second-order valence-corrected chi connectivity index (χ2v) is 7.95. The molecule has 0 aliphatic carbocycles. The monoisotopic (exact) mass is 339 g/mol. The van der Waals surface area contributed by atoms with Crippen molar-refractivity contribution in [2.45, 2.75) is 33.3 Å². The van der Waals surface area contributed by atoms with Gasteiger partial charge in [0.05, 0.1) is 0 Å². The summed E-state index contributed by atoms with van der Waals surface area (Å²) in [7, 11) is 0. The molecule has 0 fully saturated rings. The molecule has 3 rings (SSSR count). The predicted molar refractivity (Wildman–Crippen MR) is 102 cm³/mol. The molecule has 0 saturated heterocycles. The molecule has 0 spiro atoms. The molecule has 1 amide bonds. The Balaban J connectivity index is 1.90. The van der Waals surface area contributed by atoms with Crippen LogP contribution in [0.2, 0.25) is 0 Å². The summed E-state index contributed by atoms with van der Waals surface area (Å²) in [6, 6.07) is 16.6. The van der Waals surface area contributed by atoms with E-state index in [9.17, 15) is 4.79 Å². The summed E-state index contributed by atoms with van der Waals surface area (Å²) in [5.74, 6) is 0. The number of hydrogen-bond donors (Lipinski definition) is 1. The number of aryl methyl sites for hydroxylation is 1. The Hall–Kier alpha value is -2.33. The highest BCUT2D eigenvalue weighted by Crippen LogP contribution is 2.35. The number of carbonyl (C=O) groups is 1. The van der Waals surface area contributed by atoms with Gasteiger partial charge in [-0.2, -0.15) is 0 Å². The van der Waals surface area contributed by atoms with Crippen molar-refractivity contribution in [2.24, 2.45) is 0 Å². The number of hydrogen-bond acceptors (Lipinski definition) is 3. The van der Waals surface area contributed by atoms with Gasteiger partial charge in [0.25, 0.3) is 0 Å². The lowest BCUT2D eigenvalue weighted by Gasteiger charge is -2.20. The highest BCUT2D eigenvalue weighted by Gasteiger charge is 2.16. The lowest BCUT2D eigenvalue weighted by Crippen LogP contribution is -2.27. The zero-order valence-electron chi connectivity index (χ0n) is 14.3. The number of nitrogens with one attached hydrogen (secondary N) is 1. The molecule has 0 saturated carbocycles. The van der Waals surface area contributed by atoms with Crippen LogP contribution in [0.1, 0.15) is 26.3 Å². The molecule has 2 aromatic carbocycles. The maximum Gasteiger partial charge on any atom is 0.412 e. The van der Waals surface area contributed by atoms with Crippen LogP contribution in [0.3, 0.4) is 0 Å². The van der Waals surface area contributed by atoms with E-state index >= 15 is 0 Å². The molecule has 3 nitrogen and oxygen atoms in total. The first-order valence-corrected chi connectivity index (χ1v) is 8.72. The summed E-state index contributed by atoms with van der Waals surface area (Å²) in [5.41, 5.74) is 2.43. The smallest absolute Gasteiger partial charge is 0.412 e. The van der Waals surface area contributed by atoms with Gasteiger partial charge in [0.15, 0.2) is 0 Å². The zero-order valence-corrected chi connectivity index (χ0v) is 15.2. The van der Waals surface area contributed by atoms with E-state index in [1.165, 1.54) is 15.0 Å². The molecule has 0 radical (unpaired) electrons. The molecular formula is C20H21NO2S. The molecule has 3 aromatic rings. The van der Waals surface area contributed by atoms with Crippen LogP contribution in [0.5, 0.6) is 0 Å². The number of thiophene rings is 1. The van der Waals surface area contributed by atoms with Gasteiger partial charge in [0.2, 0.25) is 0 Å². The van der Waals surface area contributed by atoms with Crippen LogP contribution in [-0.2, 0) is 4.74 Å². The minimum absolute atomic E-state index is 0.435. The van der Waals surface area contributed by atoms with Crippen LogP contribution in [0.25, 0.3) is 20.5 Å². The molecule has 0 aliphatic heterocycles. The molecule has 1 heterocycles. The molecule has 1 aromatic heterocycles. The molecule has 4 heteroatoms. The number of ether oxygens (including phenoxy) is 1. The second-order valence-electron chi connectivity index (χ2n) is 6.86. The fourth-order valence-electron chi connectivity index (χ4n) is 2.54. The first kappa shape index (κ1) is 16.5. The average molecular weight is 339 g/mol. The Labute approximate surface area is 146 Å². The number of fused-ring (bicyclic) bond motifs is 1. The lowest BCUT2D eigenvalue weighted by molar-refractivity contribution is 0.0636. The van der Waals surface area contributed by atoms with Crippen molar-refractivity contribution >= 4 is 33.2 Å². The van der Waals surface area contributed by atoms with Gasteiger partial charge in [-0.15, -0.1) is 11.3 Å². The quantitative estimate of drug-likeness (QED) is 0.601. The second kappa shape index (κ2) is 6.29. The lowest BCUT2D eigenvalue weighted by atomic mass is 10.1. The fraction of sp³-hybridized carbons (Fsp3) is 0.250. The van der Waals surface area contributed by atoms with E-state index < -0.39 is 11.7 Å². The van der Waals surface area contributed by atoms with Gasteiger partial charge >= 0.3 is 6.09 Å². The van der Waals surface area contributed by atoms with Crippen LogP contribution in [-0.4, -0.2) is 11.7 Å². The van der Waals surface area contributed by atoms with E-state index in [0.29, 0.717) is 0 Å². The van der Waals surface area contributed by atoms with Crippen LogP contribution >= 0.6 is 11.3 Å². The maximum absolute atomic E-state index is 12.0. The molecule has 124 valence electrons. The minimum atomic E-state index is -0.512. The van der Waals surface area contributed by atoms with Crippen molar-refractivity contribution in [3.8, 4) is 10.4 Å². The van der Waals surface area contributed by atoms with Crippen LogP contribution in [0.15, 0.2) is 48.5 Å². The molecule has 1 N–H and O–H groups in total. The zero-order chi connectivity index (χ0) is 17.3. The van der Waals surface area contributed by atoms with Crippen LogP contribution in [0.4, 0.5) is 10.5 Å². The standard InChI is InChI=1S/C20H21NO2S/c1-13-9-15(18-12-14-7-5-6-8-17(14)24-18)11-16(10-13)21-19(22)23-20(2,3)4/h5-12H,1-4H3,(H,21,22). The summed E-state index contributed by atoms with van der Waals surface area (Å²) in [4.78, 5) is 13.2. The van der Waals surface area contributed by atoms with Gasteiger partial charge < -0.3 is 4.74 Å². The summed E-state index contributed by atoms with van der Waals surface area (Å²) in [5, 5.41) is 4.06. The van der Waals surface area contributed by atoms with E-state index in [0.717, 1.165) is 16.8 Å². The molecule has 24 heavy (non-hydrogen) atoms. The minimum Gasteiger partial charge on any atom is -0.444 e. The van der Waals surface area contributed by atoms with Crippen molar-refractivity contribution in [1.29, 1.82) is 0 Å². The van der Waals surface area contributed by atoms with Crippen molar-refractivity contribution < 1.29 is 9.53 Å². The highest BCUT2D eigenvalue weighted by atomic mass is 32.1. The Morgan fingerprint density at radius 3 is 2.54 bits per heavy atom. The van der Waals surface area contributed by atoms with Gasteiger partial charge in [-0.1, -0.05) is 24.3 Å². The van der Waals surface area contributed by atoms with Crippen molar-refractivity contribution in [1.82, 2.24) is 0 Å². The number of amides is 1. The molecular weight excluding hydrogens is 318 g/mol. The topological polar surface area (TPSA) is 38.3 Å². The third-order valence-electron chi connectivity index (χ3n) is 3.43. The van der Waals surface area contributed by atoms with E-state index in [1.54, 1.807) is 11.3 Å². The molecule has 0 aliphatic rings. The first-order chi connectivity index (χ1) is 11.3. The van der Waals surface area contributed by atoms with Gasteiger partial charge in [0.1, 0.15) is 5.60 Å². The van der Waals surface area contributed by atoms with Crippen LogP contribution in [0, 0.1) is 6.92 Å². The van der Waals surface area contributed by atoms with E-state index in [-0.39, 0.29) is 0 Å². The number of carbonyl (C=O) groups excluding carboxylic acids is 1. The summed E-state index contributed by atoms with van der Waals surface area (Å²) >= 11 is 1.75. The number of benzene rings is 2. The van der Waals surface area contributed by atoms with E-state index in [4.69, 9.17) is 4.74 Å². The van der Waals surface area contributed by atoms with Crippen molar-refractivity contribution in [3.05, 3.63) is 54.1 Å². The Morgan fingerprint density at radius 2 is 1.83 bits per heavy atom. The summed E-state index contributed by atoms with van der Waals surface area (Å²) < 4.78 is 6.59. The van der Waals surface area contributed by atoms with Crippen LogP contribution < -0.4 is 5.32 Å². The van der Waals surface area contributed by atoms with E-state index in [2.05, 4.69) is 29.6 Å². The average Bonchev–Trinajstić information content (AvgIpc) is 2.88. The van der Waals surface area contributed by atoms with E-state index in [1.807, 2.05) is 52.0 Å². The van der Waals surface area contributed by atoms with Gasteiger partial charge in [-0.3, -0.25) is 5.32 Å². The van der Waals surface area contributed by atoms with Gasteiger partial charge in [0, 0.05) is 15.3 Å². The van der Waals surface area contributed by atoms with Gasteiger partial charge in [-0.05, 0) is 68.5 Å². The third kappa shape index (κ3) is 3.95. The Morgan fingerprint density at radius 1 is 1.08 bits per heavy atom. The fourth-order valence-corrected chi connectivity index (χ4v) is 3.59.